The first kappa shape index (κ1) is 21.0. The van der Waals surface area contributed by atoms with E-state index in [1.807, 2.05) is 12.1 Å². The Bertz CT molecular complexity index is 848. The molecule has 1 aliphatic carbocycles. The van der Waals surface area contributed by atoms with Gasteiger partial charge in [0.2, 0.25) is 0 Å². The number of ether oxygens (including phenoxy) is 1. The summed E-state index contributed by atoms with van der Waals surface area (Å²) in [6, 6.07) is 13.4. The Morgan fingerprint density at radius 3 is 2.41 bits per heavy atom. The average molecular weight is 392 g/mol. The zero-order valence-electron chi connectivity index (χ0n) is 17.5. The second-order valence-corrected chi connectivity index (χ2v) is 8.33. The van der Waals surface area contributed by atoms with E-state index >= 15 is 0 Å². The Hall–Kier alpha value is -2.67. The Balaban J connectivity index is 1.61. The third-order valence-corrected chi connectivity index (χ3v) is 6.16. The molecule has 1 saturated carbocycles. The van der Waals surface area contributed by atoms with E-state index in [4.69, 9.17) is 16.2 Å². The number of benzene rings is 2. The third kappa shape index (κ3) is 5.67. The number of anilines is 2. The van der Waals surface area contributed by atoms with Gasteiger partial charge in [-0.15, -0.1) is 0 Å². The molecule has 0 spiro atoms. The number of nitriles is 1. The van der Waals surface area contributed by atoms with E-state index in [2.05, 4.69) is 19.1 Å². The van der Waals surface area contributed by atoms with Gasteiger partial charge in [-0.1, -0.05) is 45.1 Å². The second-order valence-electron chi connectivity index (χ2n) is 8.33. The number of rotatable bonds is 8. The molecular formula is C25H33N3O. The summed E-state index contributed by atoms with van der Waals surface area (Å²) in [7, 11) is 0. The lowest BCUT2D eigenvalue weighted by molar-refractivity contribution is 0.302. The summed E-state index contributed by atoms with van der Waals surface area (Å²) in [4.78, 5) is 0. The van der Waals surface area contributed by atoms with Crippen LogP contribution >= 0.6 is 0 Å². The molecule has 0 saturated heterocycles. The second kappa shape index (κ2) is 10.2. The van der Waals surface area contributed by atoms with Crippen LogP contribution in [-0.4, -0.2) is 0 Å². The maximum absolute atomic E-state index is 9.63. The lowest BCUT2D eigenvalue weighted by Crippen LogP contribution is -2.13. The van der Waals surface area contributed by atoms with Crippen LogP contribution in [0.1, 0.15) is 81.8 Å². The van der Waals surface area contributed by atoms with Crippen molar-refractivity contribution >= 4 is 11.4 Å². The molecule has 1 aliphatic rings. The lowest BCUT2D eigenvalue weighted by Gasteiger charge is -2.29. The molecule has 0 bridgehead atoms. The number of nitrogens with zero attached hydrogens (tertiary/aromatic N) is 1. The minimum Gasteiger partial charge on any atom is -0.454 e. The van der Waals surface area contributed by atoms with E-state index in [9.17, 15) is 5.26 Å². The van der Waals surface area contributed by atoms with Gasteiger partial charge in [-0.3, -0.25) is 0 Å². The molecule has 1 fully saturated rings. The van der Waals surface area contributed by atoms with Crippen molar-refractivity contribution in [3.63, 3.8) is 0 Å². The predicted molar refractivity (Wildman–Crippen MR) is 120 cm³/mol. The summed E-state index contributed by atoms with van der Waals surface area (Å²) in [6.07, 6.45) is 11.8. The molecule has 29 heavy (non-hydrogen) atoms. The number of hydrogen-bond acceptors (Lipinski definition) is 4. The summed E-state index contributed by atoms with van der Waals surface area (Å²) < 4.78 is 5.91. The molecule has 0 aliphatic heterocycles. The molecule has 2 aromatic carbocycles. The van der Waals surface area contributed by atoms with Gasteiger partial charge in [0.1, 0.15) is 11.8 Å². The highest BCUT2D eigenvalue weighted by molar-refractivity contribution is 5.62. The highest BCUT2D eigenvalue weighted by Gasteiger charge is 2.23. The monoisotopic (exact) mass is 391 g/mol. The Morgan fingerprint density at radius 2 is 1.72 bits per heavy atom. The van der Waals surface area contributed by atoms with Crippen molar-refractivity contribution in [3.05, 3.63) is 47.5 Å². The van der Waals surface area contributed by atoms with Crippen LogP contribution in [0.4, 0.5) is 11.4 Å². The van der Waals surface area contributed by atoms with Gasteiger partial charge in [0.25, 0.3) is 0 Å². The minimum atomic E-state index is 0.468. The van der Waals surface area contributed by atoms with Crippen molar-refractivity contribution in [3.8, 4) is 17.6 Å². The zero-order chi connectivity index (χ0) is 20.6. The smallest absolute Gasteiger partial charge is 0.150 e. The fourth-order valence-electron chi connectivity index (χ4n) is 4.40. The van der Waals surface area contributed by atoms with Crippen molar-refractivity contribution in [1.82, 2.24) is 0 Å². The quantitative estimate of drug-likeness (QED) is 0.384. The summed E-state index contributed by atoms with van der Waals surface area (Å²) in [6.45, 7) is 2.27. The van der Waals surface area contributed by atoms with E-state index < -0.39 is 0 Å². The fourth-order valence-corrected chi connectivity index (χ4v) is 4.40. The maximum atomic E-state index is 9.63. The Morgan fingerprint density at radius 1 is 0.966 bits per heavy atom. The van der Waals surface area contributed by atoms with Gasteiger partial charge < -0.3 is 16.2 Å². The van der Waals surface area contributed by atoms with Crippen LogP contribution in [0.5, 0.6) is 11.5 Å². The van der Waals surface area contributed by atoms with Crippen molar-refractivity contribution in [1.29, 1.82) is 5.26 Å². The standard InChI is InChI=1S/C25H33N3O/c1-2-3-4-5-6-18-7-9-19(10-8-18)20-11-13-24(21(15-20)17-26)29-25-14-12-22(27)16-23(25)28/h11-16,18-19H,2-10,27-28H2,1H3. The van der Waals surface area contributed by atoms with Gasteiger partial charge in [-0.2, -0.15) is 5.26 Å². The molecule has 4 nitrogen and oxygen atoms in total. The molecule has 3 rings (SSSR count). The molecule has 0 aromatic heterocycles. The third-order valence-electron chi connectivity index (χ3n) is 6.16. The molecule has 0 amide bonds. The predicted octanol–water partition coefficient (Wildman–Crippen LogP) is 6.76. The maximum Gasteiger partial charge on any atom is 0.150 e. The van der Waals surface area contributed by atoms with E-state index in [1.165, 1.54) is 63.4 Å². The molecule has 0 radical (unpaired) electrons. The van der Waals surface area contributed by atoms with Crippen molar-refractivity contribution in [2.75, 3.05) is 11.5 Å². The van der Waals surface area contributed by atoms with Crippen LogP contribution in [-0.2, 0) is 0 Å². The van der Waals surface area contributed by atoms with Gasteiger partial charge >= 0.3 is 0 Å². The van der Waals surface area contributed by atoms with Crippen LogP contribution in [0, 0.1) is 17.2 Å². The molecular weight excluding hydrogens is 358 g/mol. The highest BCUT2D eigenvalue weighted by Crippen LogP contribution is 2.39. The molecule has 0 heterocycles. The van der Waals surface area contributed by atoms with E-state index in [0.29, 0.717) is 34.4 Å². The summed E-state index contributed by atoms with van der Waals surface area (Å²) in [5, 5.41) is 9.63. The molecule has 4 N–H and O–H groups in total. The number of nitrogens with two attached hydrogens (primary N) is 2. The van der Waals surface area contributed by atoms with E-state index in [0.717, 1.165) is 5.92 Å². The Kier molecular flexibility index (Phi) is 7.41. The molecule has 0 atom stereocenters. The van der Waals surface area contributed by atoms with Crippen LogP contribution < -0.4 is 16.2 Å². The highest BCUT2D eigenvalue weighted by atomic mass is 16.5. The summed E-state index contributed by atoms with van der Waals surface area (Å²) in [5.74, 6) is 2.49. The zero-order valence-corrected chi connectivity index (χ0v) is 17.5. The van der Waals surface area contributed by atoms with Crippen LogP contribution in [0.15, 0.2) is 36.4 Å². The van der Waals surface area contributed by atoms with Crippen molar-refractivity contribution in [2.45, 2.75) is 70.6 Å². The van der Waals surface area contributed by atoms with Gasteiger partial charge in [0.05, 0.1) is 11.3 Å². The van der Waals surface area contributed by atoms with Crippen molar-refractivity contribution < 1.29 is 4.74 Å². The van der Waals surface area contributed by atoms with Crippen LogP contribution in [0.2, 0.25) is 0 Å². The number of hydrogen-bond donors (Lipinski definition) is 2. The minimum absolute atomic E-state index is 0.468. The first-order chi connectivity index (χ1) is 14.1. The Labute approximate surface area is 174 Å². The topological polar surface area (TPSA) is 85.1 Å². The molecule has 2 aromatic rings. The molecule has 4 heteroatoms. The van der Waals surface area contributed by atoms with Gasteiger partial charge in [0.15, 0.2) is 5.75 Å². The SMILES string of the molecule is CCCCCCC1CCC(c2ccc(Oc3ccc(N)cc3N)c(C#N)c2)CC1. The lowest BCUT2D eigenvalue weighted by atomic mass is 9.77. The average Bonchev–Trinajstić information content (AvgIpc) is 2.74. The van der Waals surface area contributed by atoms with Gasteiger partial charge in [-0.25, -0.2) is 0 Å². The number of nitrogen functional groups attached to an aromatic ring is 2. The first-order valence-electron chi connectivity index (χ1n) is 11.0. The molecule has 154 valence electrons. The normalized spacial score (nSPS) is 18.9. The van der Waals surface area contributed by atoms with Gasteiger partial charge in [-0.05, 0) is 73.4 Å². The summed E-state index contributed by atoms with van der Waals surface area (Å²) in [5.41, 5.74) is 14.6. The fraction of sp³-hybridized carbons (Fsp3) is 0.480. The molecule has 0 unspecified atom stereocenters. The summed E-state index contributed by atoms with van der Waals surface area (Å²) >= 11 is 0. The van der Waals surface area contributed by atoms with Gasteiger partial charge in [0, 0.05) is 5.69 Å². The largest absolute Gasteiger partial charge is 0.454 e. The number of unbranched alkanes of at least 4 members (excludes halogenated alkanes) is 3. The van der Waals surface area contributed by atoms with Crippen LogP contribution in [0.25, 0.3) is 0 Å². The van der Waals surface area contributed by atoms with E-state index in [1.54, 1.807) is 18.2 Å². The van der Waals surface area contributed by atoms with Crippen molar-refractivity contribution in [2.24, 2.45) is 5.92 Å². The van der Waals surface area contributed by atoms with E-state index in [-0.39, 0.29) is 0 Å². The first-order valence-corrected chi connectivity index (χ1v) is 11.0. The van der Waals surface area contributed by atoms with Crippen LogP contribution in [0.3, 0.4) is 0 Å².